The van der Waals surface area contributed by atoms with Gasteiger partial charge in [-0.05, 0) is 34.5 Å². The Morgan fingerprint density at radius 2 is 2.24 bits per heavy atom. The first-order chi connectivity index (χ1) is 8.22. The van der Waals surface area contributed by atoms with Crippen molar-refractivity contribution in [1.29, 1.82) is 0 Å². The highest BCUT2D eigenvalue weighted by molar-refractivity contribution is 9.10. The lowest BCUT2D eigenvalue weighted by Crippen LogP contribution is -2.14. The highest BCUT2D eigenvalue weighted by Crippen LogP contribution is 2.15. The van der Waals surface area contributed by atoms with E-state index >= 15 is 0 Å². The summed E-state index contributed by atoms with van der Waals surface area (Å²) < 4.78 is 0.513. The Labute approximate surface area is 107 Å². The molecule has 0 saturated carbocycles. The molecule has 0 saturated heterocycles. The largest absolute Gasteiger partial charge is 0.304 e. The molecular weight excluding hydrogens is 282 g/mol. The van der Waals surface area contributed by atoms with Crippen molar-refractivity contribution in [1.82, 2.24) is 15.0 Å². The van der Waals surface area contributed by atoms with Crippen molar-refractivity contribution < 1.29 is 0 Å². The second-order valence-corrected chi connectivity index (χ2v) is 4.43. The smallest absolute Gasteiger partial charge is 0.265 e. The average Bonchev–Trinajstić information content (AvgIpc) is 2.36. The minimum absolute atomic E-state index is 0.163. The second kappa shape index (κ2) is 5.23. The van der Waals surface area contributed by atoms with E-state index in [9.17, 15) is 4.79 Å². The molecule has 88 valence electrons. The third-order valence-corrected chi connectivity index (χ3v) is 3.14. The predicted octanol–water partition coefficient (Wildman–Crippen LogP) is 2.55. The standard InChI is InChI=1S/C12H12BrN3O/c1-2-5-8-10(13)12(17)16-11(15-8)9-6-3-4-7-14-9/h3-4,6-7H,2,5H2,1H3,(H,15,16,17). The number of halogens is 1. The quantitative estimate of drug-likeness (QED) is 0.946. The molecule has 0 aromatic carbocycles. The van der Waals surface area contributed by atoms with Gasteiger partial charge in [0.15, 0.2) is 5.82 Å². The molecule has 0 aliphatic carbocycles. The second-order valence-electron chi connectivity index (χ2n) is 3.64. The molecule has 17 heavy (non-hydrogen) atoms. The molecule has 2 aromatic heterocycles. The van der Waals surface area contributed by atoms with Crippen molar-refractivity contribution in [2.75, 3.05) is 0 Å². The van der Waals surface area contributed by atoms with Crippen molar-refractivity contribution in [2.45, 2.75) is 19.8 Å². The van der Waals surface area contributed by atoms with E-state index in [0.717, 1.165) is 18.5 Å². The summed E-state index contributed by atoms with van der Waals surface area (Å²) in [5, 5.41) is 0. The Morgan fingerprint density at radius 3 is 2.88 bits per heavy atom. The number of aromatic nitrogens is 3. The molecule has 2 aromatic rings. The third kappa shape index (κ3) is 2.61. The minimum atomic E-state index is -0.163. The van der Waals surface area contributed by atoms with Gasteiger partial charge in [0.1, 0.15) is 10.2 Å². The summed E-state index contributed by atoms with van der Waals surface area (Å²) in [5.74, 6) is 0.516. The molecular formula is C12H12BrN3O. The Morgan fingerprint density at radius 1 is 1.41 bits per heavy atom. The summed E-state index contributed by atoms with van der Waals surface area (Å²) in [6.07, 6.45) is 3.39. The number of nitrogens with zero attached hydrogens (tertiary/aromatic N) is 2. The predicted molar refractivity (Wildman–Crippen MR) is 69.8 cm³/mol. The maximum atomic E-state index is 11.7. The number of H-pyrrole nitrogens is 1. The highest BCUT2D eigenvalue weighted by Gasteiger charge is 2.09. The van der Waals surface area contributed by atoms with Crippen LogP contribution in [0.2, 0.25) is 0 Å². The number of aromatic amines is 1. The van der Waals surface area contributed by atoms with E-state index < -0.39 is 0 Å². The van der Waals surface area contributed by atoms with Crippen LogP contribution in [0.4, 0.5) is 0 Å². The zero-order valence-corrected chi connectivity index (χ0v) is 11.0. The number of rotatable bonds is 3. The monoisotopic (exact) mass is 293 g/mol. The van der Waals surface area contributed by atoms with E-state index in [1.807, 2.05) is 18.2 Å². The van der Waals surface area contributed by atoms with E-state index in [0.29, 0.717) is 16.0 Å². The van der Waals surface area contributed by atoms with Gasteiger partial charge in [-0.1, -0.05) is 19.4 Å². The van der Waals surface area contributed by atoms with Gasteiger partial charge in [0.05, 0.1) is 5.69 Å². The van der Waals surface area contributed by atoms with E-state index in [-0.39, 0.29) is 5.56 Å². The van der Waals surface area contributed by atoms with Gasteiger partial charge in [-0.15, -0.1) is 0 Å². The lowest BCUT2D eigenvalue weighted by molar-refractivity contribution is 0.859. The van der Waals surface area contributed by atoms with Crippen LogP contribution in [-0.4, -0.2) is 15.0 Å². The Kier molecular flexibility index (Phi) is 3.68. The fourth-order valence-corrected chi connectivity index (χ4v) is 1.92. The van der Waals surface area contributed by atoms with Crippen molar-refractivity contribution in [2.24, 2.45) is 0 Å². The van der Waals surface area contributed by atoms with Crippen LogP contribution in [0.15, 0.2) is 33.7 Å². The van der Waals surface area contributed by atoms with Crippen LogP contribution in [0.3, 0.4) is 0 Å². The van der Waals surface area contributed by atoms with Crippen LogP contribution >= 0.6 is 15.9 Å². The van der Waals surface area contributed by atoms with Gasteiger partial charge in [-0.25, -0.2) is 4.98 Å². The van der Waals surface area contributed by atoms with E-state index in [1.165, 1.54) is 0 Å². The molecule has 0 atom stereocenters. The lowest BCUT2D eigenvalue weighted by Gasteiger charge is -2.05. The summed E-state index contributed by atoms with van der Waals surface area (Å²) >= 11 is 3.26. The van der Waals surface area contributed by atoms with E-state index in [4.69, 9.17) is 0 Å². The molecule has 2 rings (SSSR count). The fraction of sp³-hybridized carbons (Fsp3) is 0.250. The van der Waals surface area contributed by atoms with Crippen LogP contribution in [0.1, 0.15) is 19.0 Å². The van der Waals surface area contributed by atoms with Crippen molar-refractivity contribution >= 4 is 15.9 Å². The zero-order valence-electron chi connectivity index (χ0n) is 9.40. The van der Waals surface area contributed by atoms with Gasteiger partial charge < -0.3 is 4.98 Å². The topological polar surface area (TPSA) is 58.6 Å². The summed E-state index contributed by atoms with van der Waals surface area (Å²) in [4.78, 5) is 23.1. The van der Waals surface area contributed by atoms with Crippen molar-refractivity contribution in [3.63, 3.8) is 0 Å². The first-order valence-corrected chi connectivity index (χ1v) is 6.21. The highest BCUT2D eigenvalue weighted by atomic mass is 79.9. The number of hydrogen-bond donors (Lipinski definition) is 1. The number of pyridine rings is 1. The molecule has 0 radical (unpaired) electrons. The Balaban J connectivity index is 2.53. The third-order valence-electron chi connectivity index (χ3n) is 2.33. The number of nitrogens with one attached hydrogen (secondary N) is 1. The molecule has 4 nitrogen and oxygen atoms in total. The molecule has 2 heterocycles. The molecule has 5 heteroatoms. The van der Waals surface area contributed by atoms with Crippen LogP contribution in [0.25, 0.3) is 11.5 Å². The lowest BCUT2D eigenvalue weighted by atomic mass is 10.2. The first-order valence-electron chi connectivity index (χ1n) is 5.42. The van der Waals surface area contributed by atoms with Gasteiger partial charge in [0.2, 0.25) is 0 Å². The summed E-state index contributed by atoms with van der Waals surface area (Å²) in [6, 6.07) is 5.51. The molecule has 0 spiro atoms. The average molecular weight is 294 g/mol. The molecule has 0 aliphatic heterocycles. The SMILES string of the molecule is CCCc1nc(-c2ccccn2)[nH]c(=O)c1Br. The van der Waals surface area contributed by atoms with Crippen molar-refractivity contribution in [3.05, 3.63) is 44.9 Å². The van der Waals surface area contributed by atoms with Crippen LogP contribution < -0.4 is 5.56 Å². The molecule has 1 N–H and O–H groups in total. The fourth-order valence-electron chi connectivity index (χ4n) is 1.53. The van der Waals surface area contributed by atoms with Crippen molar-refractivity contribution in [3.8, 4) is 11.5 Å². The van der Waals surface area contributed by atoms with Gasteiger partial charge in [-0.2, -0.15) is 0 Å². The maximum absolute atomic E-state index is 11.7. The molecule has 0 aliphatic rings. The summed E-state index contributed by atoms with van der Waals surface area (Å²) in [6.45, 7) is 2.05. The van der Waals surface area contributed by atoms with Crippen LogP contribution in [0, 0.1) is 0 Å². The minimum Gasteiger partial charge on any atom is -0.304 e. The van der Waals surface area contributed by atoms with Gasteiger partial charge in [-0.3, -0.25) is 9.78 Å². The van der Waals surface area contributed by atoms with Crippen LogP contribution in [0.5, 0.6) is 0 Å². The van der Waals surface area contributed by atoms with Crippen LogP contribution in [-0.2, 0) is 6.42 Å². The van der Waals surface area contributed by atoms with Gasteiger partial charge >= 0.3 is 0 Å². The first kappa shape index (κ1) is 12.0. The Bertz CT molecular complexity index is 566. The summed E-state index contributed by atoms with van der Waals surface area (Å²) in [5.41, 5.74) is 1.29. The number of aryl methyl sites for hydroxylation is 1. The molecule has 0 bridgehead atoms. The molecule has 0 unspecified atom stereocenters. The van der Waals surface area contributed by atoms with E-state index in [1.54, 1.807) is 6.20 Å². The summed E-state index contributed by atoms with van der Waals surface area (Å²) in [7, 11) is 0. The molecule has 0 fully saturated rings. The van der Waals surface area contributed by atoms with E-state index in [2.05, 4.69) is 37.8 Å². The number of hydrogen-bond acceptors (Lipinski definition) is 3. The van der Waals surface area contributed by atoms with Gasteiger partial charge in [0, 0.05) is 6.20 Å². The maximum Gasteiger partial charge on any atom is 0.265 e. The molecule has 0 amide bonds. The Hall–Kier alpha value is -1.49. The zero-order chi connectivity index (χ0) is 12.3. The van der Waals surface area contributed by atoms with Gasteiger partial charge in [0.25, 0.3) is 5.56 Å². The normalized spacial score (nSPS) is 10.5.